The molecule has 1 N–H and O–H groups in total. The SMILES string of the molecule is Cn1nc(OCC(=O)O)cc1C1CC1. The van der Waals surface area contributed by atoms with Crippen LogP contribution in [0.25, 0.3) is 0 Å². The summed E-state index contributed by atoms with van der Waals surface area (Å²) >= 11 is 0. The summed E-state index contributed by atoms with van der Waals surface area (Å²) in [5.74, 6) is 0.00935. The fourth-order valence-electron chi connectivity index (χ4n) is 1.42. The van der Waals surface area contributed by atoms with Gasteiger partial charge in [0.15, 0.2) is 6.61 Å². The van der Waals surface area contributed by atoms with Crippen molar-refractivity contribution in [2.75, 3.05) is 6.61 Å². The minimum atomic E-state index is -0.983. The number of hydrogen-bond donors (Lipinski definition) is 1. The second-order valence-corrected chi connectivity index (χ2v) is 3.49. The number of aryl methyl sites for hydroxylation is 1. The van der Waals surface area contributed by atoms with Crippen molar-refractivity contribution >= 4 is 5.97 Å². The van der Waals surface area contributed by atoms with Gasteiger partial charge in [0.25, 0.3) is 0 Å². The largest absolute Gasteiger partial charge is 0.479 e. The standard InChI is InChI=1S/C9H12N2O3/c1-11-7(6-2-3-6)4-8(10-11)14-5-9(12)13/h4,6H,2-3,5H2,1H3,(H,12,13). The molecule has 5 heteroatoms. The predicted molar refractivity (Wildman–Crippen MR) is 48.3 cm³/mol. The Hall–Kier alpha value is -1.52. The van der Waals surface area contributed by atoms with Gasteiger partial charge in [0.05, 0.1) is 0 Å². The number of ether oxygens (including phenoxy) is 1. The van der Waals surface area contributed by atoms with Crippen LogP contribution < -0.4 is 4.74 Å². The van der Waals surface area contributed by atoms with Gasteiger partial charge in [-0.25, -0.2) is 4.79 Å². The summed E-state index contributed by atoms with van der Waals surface area (Å²) in [6.45, 7) is -0.332. The zero-order valence-electron chi connectivity index (χ0n) is 7.93. The molecule has 76 valence electrons. The van der Waals surface area contributed by atoms with Crippen molar-refractivity contribution in [1.82, 2.24) is 9.78 Å². The molecular formula is C9H12N2O3. The molecule has 1 heterocycles. The molecule has 0 amide bonds. The molecular weight excluding hydrogens is 184 g/mol. The number of nitrogens with zero attached hydrogens (tertiary/aromatic N) is 2. The number of rotatable bonds is 4. The van der Waals surface area contributed by atoms with E-state index in [-0.39, 0.29) is 6.61 Å². The first kappa shape index (κ1) is 9.05. The van der Waals surface area contributed by atoms with E-state index < -0.39 is 5.97 Å². The average molecular weight is 196 g/mol. The normalized spacial score (nSPS) is 15.5. The Labute approximate surface area is 81.3 Å². The number of carboxylic acids is 1. The van der Waals surface area contributed by atoms with Gasteiger partial charge in [0.1, 0.15) is 0 Å². The van der Waals surface area contributed by atoms with Crippen molar-refractivity contribution in [2.45, 2.75) is 18.8 Å². The summed E-state index contributed by atoms with van der Waals surface area (Å²) in [5, 5.41) is 12.5. The van der Waals surface area contributed by atoms with Crippen LogP contribution in [0.2, 0.25) is 0 Å². The molecule has 1 aromatic heterocycles. The summed E-state index contributed by atoms with van der Waals surface area (Å²) in [6.07, 6.45) is 2.38. The fraction of sp³-hybridized carbons (Fsp3) is 0.556. The van der Waals surface area contributed by atoms with Gasteiger partial charge in [-0.1, -0.05) is 0 Å². The molecule has 5 nitrogen and oxygen atoms in total. The van der Waals surface area contributed by atoms with Crippen molar-refractivity contribution in [1.29, 1.82) is 0 Å². The monoisotopic (exact) mass is 196 g/mol. The third kappa shape index (κ3) is 1.86. The Kier molecular flexibility index (Phi) is 2.15. The molecule has 1 aliphatic carbocycles. The molecule has 0 unspecified atom stereocenters. The Morgan fingerprint density at radius 3 is 3.07 bits per heavy atom. The van der Waals surface area contributed by atoms with Gasteiger partial charge in [-0.3, -0.25) is 4.68 Å². The van der Waals surface area contributed by atoms with Crippen LogP contribution in [0.1, 0.15) is 24.5 Å². The molecule has 1 fully saturated rings. The quantitative estimate of drug-likeness (QED) is 0.772. The van der Waals surface area contributed by atoms with Crippen LogP contribution in [0, 0.1) is 0 Å². The van der Waals surface area contributed by atoms with Crippen molar-refractivity contribution in [2.24, 2.45) is 7.05 Å². The van der Waals surface area contributed by atoms with E-state index in [0.717, 1.165) is 5.69 Å². The molecule has 14 heavy (non-hydrogen) atoms. The number of aliphatic carboxylic acids is 1. The minimum Gasteiger partial charge on any atom is -0.479 e. The second-order valence-electron chi connectivity index (χ2n) is 3.49. The van der Waals surface area contributed by atoms with Crippen LogP contribution in [-0.4, -0.2) is 27.5 Å². The van der Waals surface area contributed by atoms with Crippen molar-refractivity contribution in [3.8, 4) is 5.88 Å². The van der Waals surface area contributed by atoms with Crippen LogP contribution in [0.15, 0.2) is 6.07 Å². The first-order chi connectivity index (χ1) is 6.66. The Balaban J connectivity index is 2.04. The molecule has 0 saturated heterocycles. The first-order valence-electron chi connectivity index (χ1n) is 4.55. The van der Waals surface area contributed by atoms with Crippen molar-refractivity contribution in [3.05, 3.63) is 11.8 Å². The van der Waals surface area contributed by atoms with Gasteiger partial charge in [0, 0.05) is 24.7 Å². The summed E-state index contributed by atoms with van der Waals surface area (Å²) in [6, 6.07) is 1.82. The molecule has 0 aromatic carbocycles. The van der Waals surface area contributed by atoms with E-state index in [4.69, 9.17) is 9.84 Å². The summed E-state index contributed by atoms with van der Waals surface area (Å²) in [5.41, 5.74) is 1.13. The maximum Gasteiger partial charge on any atom is 0.341 e. The maximum absolute atomic E-state index is 10.3. The van der Waals surface area contributed by atoms with Gasteiger partial charge < -0.3 is 9.84 Å². The zero-order chi connectivity index (χ0) is 10.1. The van der Waals surface area contributed by atoms with Crippen molar-refractivity contribution in [3.63, 3.8) is 0 Å². The molecule has 2 rings (SSSR count). The van der Waals surface area contributed by atoms with E-state index in [1.165, 1.54) is 12.8 Å². The van der Waals surface area contributed by atoms with E-state index in [2.05, 4.69) is 5.10 Å². The molecule has 1 aliphatic rings. The molecule has 0 radical (unpaired) electrons. The molecule has 1 aromatic rings. The Morgan fingerprint density at radius 2 is 2.50 bits per heavy atom. The molecule has 1 saturated carbocycles. The lowest BCUT2D eigenvalue weighted by Crippen LogP contribution is -2.09. The third-order valence-corrected chi connectivity index (χ3v) is 2.23. The summed E-state index contributed by atoms with van der Waals surface area (Å²) < 4.78 is 6.73. The Morgan fingerprint density at radius 1 is 1.79 bits per heavy atom. The van der Waals surface area contributed by atoms with Crippen LogP contribution in [0.3, 0.4) is 0 Å². The first-order valence-corrected chi connectivity index (χ1v) is 4.55. The van der Waals surface area contributed by atoms with Gasteiger partial charge in [-0.05, 0) is 12.8 Å². The zero-order valence-corrected chi connectivity index (χ0v) is 7.93. The summed E-state index contributed by atoms with van der Waals surface area (Å²) in [7, 11) is 1.85. The minimum absolute atomic E-state index is 0.332. The second kappa shape index (κ2) is 3.32. The van der Waals surface area contributed by atoms with E-state index in [9.17, 15) is 4.79 Å². The fourth-order valence-corrected chi connectivity index (χ4v) is 1.42. The van der Waals surface area contributed by atoms with Gasteiger partial charge >= 0.3 is 5.97 Å². The van der Waals surface area contributed by atoms with Crippen LogP contribution in [0.5, 0.6) is 5.88 Å². The lowest BCUT2D eigenvalue weighted by Gasteiger charge is -1.95. The van der Waals surface area contributed by atoms with Gasteiger partial charge in [-0.2, -0.15) is 0 Å². The highest BCUT2D eigenvalue weighted by Gasteiger charge is 2.27. The van der Waals surface area contributed by atoms with E-state index in [1.54, 1.807) is 4.68 Å². The summed E-state index contributed by atoms with van der Waals surface area (Å²) in [4.78, 5) is 10.3. The van der Waals surface area contributed by atoms with Gasteiger partial charge in [0.2, 0.25) is 5.88 Å². The lowest BCUT2D eigenvalue weighted by molar-refractivity contribution is -0.139. The topological polar surface area (TPSA) is 64.4 Å². The lowest BCUT2D eigenvalue weighted by atomic mass is 10.3. The number of carboxylic acid groups (broad SMARTS) is 1. The maximum atomic E-state index is 10.3. The molecule has 0 aliphatic heterocycles. The highest BCUT2D eigenvalue weighted by Crippen LogP contribution is 2.40. The van der Waals surface area contributed by atoms with Crippen LogP contribution in [0.4, 0.5) is 0 Å². The smallest absolute Gasteiger partial charge is 0.341 e. The van der Waals surface area contributed by atoms with Crippen LogP contribution in [-0.2, 0) is 11.8 Å². The number of carbonyl (C=O) groups is 1. The van der Waals surface area contributed by atoms with Crippen molar-refractivity contribution < 1.29 is 14.6 Å². The third-order valence-electron chi connectivity index (χ3n) is 2.23. The van der Waals surface area contributed by atoms with Gasteiger partial charge in [-0.15, -0.1) is 5.10 Å². The molecule has 0 bridgehead atoms. The Bertz CT molecular complexity index is 355. The van der Waals surface area contributed by atoms with E-state index in [1.807, 2.05) is 13.1 Å². The van der Waals surface area contributed by atoms with E-state index >= 15 is 0 Å². The van der Waals surface area contributed by atoms with Crippen LogP contribution >= 0.6 is 0 Å². The number of aromatic nitrogens is 2. The number of hydrogen-bond acceptors (Lipinski definition) is 3. The van der Waals surface area contributed by atoms with E-state index in [0.29, 0.717) is 11.8 Å². The molecule has 0 atom stereocenters. The highest BCUT2D eigenvalue weighted by atomic mass is 16.5. The average Bonchev–Trinajstić information content (AvgIpc) is 2.88. The highest BCUT2D eigenvalue weighted by molar-refractivity contribution is 5.68. The molecule has 0 spiro atoms. The predicted octanol–water partition coefficient (Wildman–Crippen LogP) is 0.761.